The van der Waals surface area contributed by atoms with Gasteiger partial charge in [0.2, 0.25) is 0 Å². The minimum absolute atomic E-state index is 0.267. The lowest BCUT2D eigenvalue weighted by atomic mass is 10.1. The van der Waals surface area contributed by atoms with Gasteiger partial charge in [0.15, 0.2) is 0 Å². The normalized spacial score (nSPS) is 10.5. The third-order valence-corrected chi connectivity index (χ3v) is 1.78. The summed E-state index contributed by atoms with van der Waals surface area (Å²) in [6, 6.07) is 9.03. The molecule has 0 fully saturated rings. The molecular formula is C15H16O4. The van der Waals surface area contributed by atoms with Crippen molar-refractivity contribution in [2.75, 3.05) is 0 Å². The fourth-order valence-electron chi connectivity index (χ4n) is 1.06. The van der Waals surface area contributed by atoms with Crippen molar-refractivity contribution in [3.05, 3.63) is 66.3 Å². The zero-order valence-corrected chi connectivity index (χ0v) is 10.6. The van der Waals surface area contributed by atoms with E-state index >= 15 is 0 Å². The molecular weight excluding hydrogens is 244 g/mol. The van der Waals surface area contributed by atoms with E-state index in [1.165, 1.54) is 6.08 Å². The zero-order valence-electron chi connectivity index (χ0n) is 10.6. The van der Waals surface area contributed by atoms with Crippen molar-refractivity contribution in [3.63, 3.8) is 0 Å². The molecule has 1 aromatic rings. The van der Waals surface area contributed by atoms with Crippen molar-refractivity contribution in [1.29, 1.82) is 0 Å². The minimum atomic E-state index is -1.28. The third kappa shape index (κ3) is 8.15. The highest BCUT2D eigenvalue weighted by molar-refractivity contribution is 5.97. The lowest BCUT2D eigenvalue weighted by Crippen LogP contribution is -2.01. The van der Waals surface area contributed by atoms with Crippen molar-refractivity contribution < 1.29 is 19.8 Å². The predicted octanol–water partition coefficient (Wildman–Crippen LogP) is 2.99. The Hall–Kier alpha value is -2.62. The lowest BCUT2D eigenvalue weighted by molar-refractivity contribution is -0.134. The van der Waals surface area contributed by atoms with Gasteiger partial charge in [-0.15, -0.1) is 6.58 Å². The van der Waals surface area contributed by atoms with Crippen molar-refractivity contribution in [1.82, 2.24) is 0 Å². The summed E-state index contributed by atoms with van der Waals surface area (Å²) >= 11 is 0. The summed E-state index contributed by atoms with van der Waals surface area (Å²) in [6.07, 6.45) is 5.20. The molecule has 4 nitrogen and oxygen atoms in total. The summed E-state index contributed by atoms with van der Waals surface area (Å²) in [5, 5.41) is 17.2. The van der Waals surface area contributed by atoms with E-state index in [2.05, 4.69) is 6.58 Å². The van der Waals surface area contributed by atoms with Crippen LogP contribution in [-0.4, -0.2) is 22.2 Å². The van der Waals surface area contributed by atoms with E-state index in [4.69, 9.17) is 10.2 Å². The molecule has 0 atom stereocenters. The van der Waals surface area contributed by atoms with Gasteiger partial charge in [-0.2, -0.15) is 0 Å². The zero-order chi connectivity index (χ0) is 14.7. The van der Waals surface area contributed by atoms with Crippen LogP contribution in [0.5, 0.6) is 0 Å². The van der Waals surface area contributed by atoms with Crippen LogP contribution in [0, 0.1) is 0 Å². The van der Waals surface area contributed by atoms with Crippen LogP contribution in [0.15, 0.2) is 60.7 Å². The van der Waals surface area contributed by atoms with E-state index in [9.17, 15) is 9.59 Å². The smallest absolute Gasteiger partial charge is 0.335 e. The third-order valence-electron chi connectivity index (χ3n) is 1.78. The minimum Gasteiger partial charge on any atom is -0.478 e. The van der Waals surface area contributed by atoms with Gasteiger partial charge in [0.05, 0.1) is 5.57 Å². The summed E-state index contributed by atoms with van der Waals surface area (Å²) in [5.41, 5.74) is 0.538. The first kappa shape index (κ1) is 16.4. The predicted molar refractivity (Wildman–Crippen MR) is 74.7 cm³/mol. The highest BCUT2D eigenvalue weighted by Crippen LogP contribution is 2.05. The molecule has 0 amide bonds. The number of carboxylic acid groups (broad SMARTS) is 2. The second-order valence-electron chi connectivity index (χ2n) is 3.40. The largest absolute Gasteiger partial charge is 0.478 e. The van der Waals surface area contributed by atoms with Crippen LogP contribution >= 0.6 is 0 Å². The van der Waals surface area contributed by atoms with E-state index in [0.29, 0.717) is 6.08 Å². The molecule has 0 heterocycles. The number of hydrogen-bond acceptors (Lipinski definition) is 2. The summed E-state index contributed by atoms with van der Waals surface area (Å²) in [4.78, 5) is 21.0. The first-order chi connectivity index (χ1) is 9.01. The number of rotatable bonds is 4. The molecule has 0 aliphatic heterocycles. The maximum absolute atomic E-state index is 10.7. The molecule has 2 N–H and O–H groups in total. The van der Waals surface area contributed by atoms with Crippen molar-refractivity contribution in [3.8, 4) is 0 Å². The summed E-state index contributed by atoms with van der Waals surface area (Å²) in [6.45, 7) is 5.25. The standard InChI is InChI=1S/C12H10O4.C3H6/c13-11(14)8-10(12(15)16)7-6-9-4-2-1-3-5-9;1-3-2/h1-8H,(H,13,14)(H,15,16);3H,1H2,2H3/b7-6?,10-8-;. The highest BCUT2D eigenvalue weighted by atomic mass is 16.4. The second kappa shape index (κ2) is 9.41. The van der Waals surface area contributed by atoms with Crippen molar-refractivity contribution >= 4 is 18.0 Å². The van der Waals surface area contributed by atoms with Gasteiger partial charge in [0.25, 0.3) is 0 Å². The van der Waals surface area contributed by atoms with Crippen LogP contribution in [-0.2, 0) is 9.59 Å². The van der Waals surface area contributed by atoms with E-state index in [1.807, 2.05) is 13.0 Å². The quantitative estimate of drug-likeness (QED) is 0.496. The molecule has 100 valence electrons. The van der Waals surface area contributed by atoms with Crippen molar-refractivity contribution in [2.45, 2.75) is 6.92 Å². The molecule has 0 saturated heterocycles. The van der Waals surface area contributed by atoms with Gasteiger partial charge in [-0.05, 0) is 18.6 Å². The summed E-state index contributed by atoms with van der Waals surface area (Å²) < 4.78 is 0. The van der Waals surface area contributed by atoms with E-state index in [1.54, 1.807) is 36.4 Å². The molecule has 0 aliphatic rings. The Balaban J connectivity index is 0.000000982. The van der Waals surface area contributed by atoms with Crippen LogP contribution in [0.1, 0.15) is 12.5 Å². The molecule has 0 aromatic heterocycles. The number of aliphatic carboxylic acids is 2. The van der Waals surface area contributed by atoms with Gasteiger partial charge in [-0.1, -0.05) is 42.5 Å². The van der Waals surface area contributed by atoms with Gasteiger partial charge in [-0.25, -0.2) is 9.59 Å². The fourth-order valence-corrected chi connectivity index (χ4v) is 1.06. The number of carbonyl (C=O) groups is 2. The van der Waals surface area contributed by atoms with Crippen LogP contribution in [0.4, 0.5) is 0 Å². The molecule has 0 spiro atoms. The summed E-state index contributed by atoms with van der Waals surface area (Å²) in [5.74, 6) is -2.55. The van der Waals surface area contributed by atoms with Gasteiger partial charge in [-0.3, -0.25) is 0 Å². The van der Waals surface area contributed by atoms with Crippen LogP contribution < -0.4 is 0 Å². The molecule has 19 heavy (non-hydrogen) atoms. The number of carboxylic acids is 2. The Morgan fingerprint density at radius 3 is 2.11 bits per heavy atom. The average molecular weight is 260 g/mol. The number of allylic oxidation sites excluding steroid dienone is 1. The van der Waals surface area contributed by atoms with E-state index in [0.717, 1.165) is 5.56 Å². The SMILES string of the molecule is C=CC.O=C(O)/C=C(/C=Cc1ccccc1)C(=O)O. The monoisotopic (exact) mass is 260 g/mol. The maximum Gasteiger partial charge on any atom is 0.335 e. The highest BCUT2D eigenvalue weighted by Gasteiger charge is 2.04. The van der Waals surface area contributed by atoms with Gasteiger partial charge in [0, 0.05) is 6.08 Å². The Morgan fingerprint density at radius 1 is 1.16 bits per heavy atom. The van der Waals surface area contributed by atoms with Crippen LogP contribution in [0.3, 0.4) is 0 Å². The second-order valence-corrected chi connectivity index (χ2v) is 3.40. The molecule has 0 aliphatic carbocycles. The average Bonchev–Trinajstić information content (AvgIpc) is 2.36. The van der Waals surface area contributed by atoms with Gasteiger partial charge >= 0.3 is 11.9 Å². The number of benzene rings is 1. The van der Waals surface area contributed by atoms with Crippen molar-refractivity contribution in [2.24, 2.45) is 0 Å². The van der Waals surface area contributed by atoms with Crippen LogP contribution in [0.25, 0.3) is 6.08 Å². The van der Waals surface area contributed by atoms with E-state index < -0.39 is 11.9 Å². The van der Waals surface area contributed by atoms with Gasteiger partial charge < -0.3 is 10.2 Å². The summed E-state index contributed by atoms with van der Waals surface area (Å²) in [7, 11) is 0. The first-order valence-corrected chi connectivity index (χ1v) is 5.49. The Morgan fingerprint density at radius 2 is 1.68 bits per heavy atom. The molecule has 0 bridgehead atoms. The van der Waals surface area contributed by atoms with Gasteiger partial charge in [0.1, 0.15) is 0 Å². The maximum atomic E-state index is 10.7. The van der Waals surface area contributed by atoms with E-state index in [-0.39, 0.29) is 5.57 Å². The molecule has 4 heteroatoms. The molecule has 1 rings (SSSR count). The first-order valence-electron chi connectivity index (χ1n) is 5.49. The Labute approximate surface area is 112 Å². The lowest BCUT2D eigenvalue weighted by Gasteiger charge is -1.94. The molecule has 0 unspecified atom stereocenters. The number of hydrogen-bond donors (Lipinski definition) is 2. The fraction of sp³-hybridized carbons (Fsp3) is 0.0667. The Bertz CT molecular complexity index is 484. The molecule has 0 saturated carbocycles. The molecule has 1 aromatic carbocycles. The van der Waals surface area contributed by atoms with Crippen LogP contribution in [0.2, 0.25) is 0 Å². The molecule has 0 radical (unpaired) electrons. The Kier molecular flexibility index (Phi) is 8.12. The topological polar surface area (TPSA) is 74.6 Å².